The van der Waals surface area contributed by atoms with Crippen molar-refractivity contribution in [1.82, 2.24) is 4.98 Å². The second kappa shape index (κ2) is 7.93. The van der Waals surface area contributed by atoms with Crippen molar-refractivity contribution in [3.63, 3.8) is 0 Å². The maximum Gasteiger partial charge on any atom is 0.418 e. The number of aromatic nitrogens is 1. The highest BCUT2D eigenvalue weighted by Crippen LogP contribution is 2.43. The highest BCUT2D eigenvalue weighted by Gasteiger charge is 2.39. The number of nitrogens with zero attached hydrogens (tertiary/aromatic N) is 1. The molecule has 3 aromatic rings. The molecule has 1 aromatic heterocycles. The van der Waals surface area contributed by atoms with Gasteiger partial charge in [0, 0.05) is 34.9 Å². The summed E-state index contributed by atoms with van der Waals surface area (Å²) in [5.41, 5.74) is -0.104. The molecule has 8 heteroatoms. The molecule has 0 saturated carbocycles. The first-order valence-electron chi connectivity index (χ1n) is 11.2. The normalized spacial score (nSPS) is 20.3. The van der Waals surface area contributed by atoms with Gasteiger partial charge in [-0.3, -0.25) is 9.59 Å². The number of hydrogen-bond donors (Lipinski definition) is 2. The van der Waals surface area contributed by atoms with Gasteiger partial charge >= 0.3 is 6.18 Å². The van der Waals surface area contributed by atoms with Crippen LogP contribution in [0.5, 0.6) is 0 Å². The summed E-state index contributed by atoms with van der Waals surface area (Å²) in [5, 5.41) is 2.64. The van der Waals surface area contributed by atoms with E-state index in [1.54, 1.807) is 18.2 Å². The largest absolute Gasteiger partial charge is 0.418 e. The summed E-state index contributed by atoms with van der Waals surface area (Å²) in [6, 6.07) is 9.79. The number of fused-ring (bicyclic) bond motifs is 3. The number of benzene rings is 2. The Morgan fingerprint density at radius 3 is 2.48 bits per heavy atom. The zero-order chi connectivity index (χ0) is 23.3. The van der Waals surface area contributed by atoms with Crippen LogP contribution in [0.2, 0.25) is 0 Å². The molecule has 2 aromatic carbocycles. The van der Waals surface area contributed by atoms with E-state index in [0.717, 1.165) is 43.7 Å². The quantitative estimate of drug-likeness (QED) is 0.538. The molecule has 2 aliphatic rings. The van der Waals surface area contributed by atoms with Crippen LogP contribution in [0.1, 0.15) is 53.6 Å². The molecule has 5 rings (SSSR count). The van der Waals surface area contributed by atoms with Crippen LogP contribution < -0.4 is 15.6 Å². The molecule has 33 heavy (non-hydrogen) atoms. The molecule has 5 nitrogen and oxygen atoms in total. The van der Waals surface area contributed by atoms with E-state index in [4.69, 9.17) is 0 Å². The van der Waals surface area contributed by atoms with Crippen molar-refractivity contribution in [2.24, 2.45) is 0 Å². The molecular weight excluding hydrogens is 431 g/mol. The molecule has 2 aliphatic heterocycles. The van der Waals surface area contributed by atoms with Crippen LogP contribution >= 0.6 is 0 Å². The second-order valence-corrected chi connectivity index (χ2v) is 8.99. The van der Waals surface area contributed by atoms with E-state index in [9.17, 15) is 22.8 Å². The molecule has 1 amide bonds. The lowest BCUT2D eigenvalue weighted by atomic mass is 10.0. The lowest BCUT2D eigenvalue weighted by molar-refractivity contribution is -0.136. The predicted molar refractivity (Wildman–Crippen MR) is 122 cm³/mol. The van der Waals surface area contributed by atoms with Crippen molar-refractivity contribution >= 4 is 28.2 Å². The Labute approximate surface area is 188 Å². The molecule has 2 fully saturated rings. The first-order valence-corrected chi connectivity index (χ1v) is 11.2. The maximum atomic E-state index is 14.0. The number of halogens is 3. The molecule has 0 aliphatic carbocycles. The summed E-state index contributed by atoms with van der Waals surface area (Å²) >= 11 is 0. The van der Waals surface area contributed by atoms with E-state index in [1.807, 2.05) is 13.0 Å². The van der Waals surface area contributed by atoms with E-state index in [-0.39, 0.29) is 23.3 Å². The Morgan fingerprint density at radius 2 is 1.79 bits per heavy atom. The van der Waals surface area contributed by atoms with Crippen molar-refractivity contribution in [3.05, 3.63) is 69.5 Å². The first kappa shape index (κ1) is 21.6. The van der Waals surface area contributed by atoms with Gasteiger partial charge in [0.05, 0.1) is 11.3 Å². The predicted octanol–water partition coefficient (Wildman–Crippen LogP) is 5.63. The number of amides is 1. The monoisotopic (exact) mass is 455 g/mol. The summed E-state index contributed by atoms with van der Waals surface area (Å²) in [7, 11) is 0. The van der Waals surface area contributed by atoms with Gasteiger partial charge in [-0.05, 0) is 69.4 Å². The highest BCUT2D eigenvalue weighted by molar-refractivity contribution is 6.06. The Morgan fingerprint density at radius 1 is 1.06 bits per heavy atom. The van der Waals surface area contributed by atoms with Crippen LogP contribution in [0.4, 0.5) is 24.5 Å². The van der Waals surface area contributed by atoms with Gasteiger partial charge in [0.2, 0.25) is 5.43 Å². The minimum atomic E-state index is -4.65. The number of piperidine rings is 1. The van der Waals surface area contributed by atoms with Crippen molar-refractivity contribution in [2.75, 3.05) is 10.2 Å². The third kappa shape index (κ3) is 3.87. The molecule has 2 atom stereocenters. The zero-order valence-electron chi connectivity index (χ0n) is 18.1. The number of carbonyl (C=O) groups excluding carboxylic acids is 1. The standard InChI is InChI=1S/C25H24F3N3O2/c1-14-5-9-21-18(11-14)23(32)19(13-29-21)24(33)30-22-10-8-17(12-20(22)25(26,27)28)31-15-3-2-4-16(31)7-6-15/h5,8-13,15-16H,2-4,6-7H2,1H3,(H,29,32)(H,30,33). The van der Waals surface area contributed by atoms with Crippen LogP contribution in [0.3, 0.4) is 0 Å². The van der Waals surface area contributed by atoms with Gasteiger partial charge < -0.3 is 15.2 Å². The second-order valence-electron chi connectivity index (χ2n) is 8.99. The molecule has 2 unspecified atom stereocenters. The fourth-order valence-corrected chi connectivity index (χ4v) is 5.27. The summed E-state index contributed by atoms with van der Waals surface area (Å²) < 4.78 is 41.9. The Balaban J connectivity index is 1.49. The van der Waals surface area contributed by atoms with Crippen LogP contribution in [0, 0.1) is 6.92 Å². The average Bonchev–Trinajstić information content (AvgIpc) is 3.02. The Hall–Kier alpha value is -3.29. The molecular formula is C25H24F3N3O2. The summed E-state index contributed by atoms with van der Waals surface area (Å²) in [4.78, 5) is 30.6. The van der Waals surface area contributed by atoms with Crippen LogP contribution in [-0.4, -0.2) is 23.0 Å². The number of aryl methyl sites for hydroxylation is 1. The van der Waals surface area contributed by atoms with E-state index in [0.29, 0.717) is 16.6 Å². The fourth-order valence-electron chi connectivity index (χ4n) is 5.27. The van der Waals surface area contributed by atoms with Gasteiger partial charge in [-0.2, -0.15) is 13.2 Å². The molecule has 2 bridgehead atoms. The Kier molecular flexibility index (Phi) is 5.18. The van der Waals surface area contributed by atoms with E-state index >= 15 is 0 Å². The van der Waals surface area contributed by atoms with Gasteiger partial charge in [-0.25, -0.2) is 0 Å². The minimum Gasteiger partial charge on any atom is -0.366 e. The van der Waals surface area contributed by atoms with Crippen LogP contribution in [-0.2, 0) is 6.18 Å². The van der Waals surface area contributed by atoms with Crippen molar-refractivity contribution in [3.8, 4) is 0 Å². The third-order valence-corrected chi connectivity index (χ3v) is 6.83. The van der Waals surface area contributed by atoms with E-state index < -0.39 is 23.1 Å². The molecule has 2 N–H and O–H groups in total. The van der Waals surface area contributed by atoms with Crippen molar-refractivity contribution < 1.29 is 18.0 Å². The fraction of sp³-hybridized carbons (Fsp3) is 0.360. The van der Waals surface area contributed by atoms with Gasteiger partial charge in [0.25, 0.3) is 5.91 Å². The summed E-state index contributed by atoms with van der Waals surface area (Å²) in [5.74, 6) is -0.879. The number of carbonyl (C=O) groups is 1. The van der Waals surface area contributed by atoms with Gasteiger partial charge in [0.1, 0.15) is 5.56 Å². The SMILES string of the molecule is Cc1ccc2[nH]cc(C(=O)Nc3ccc(N4C5CCCC4CC5)cc3C(F)(F)F)c(=O)c2c1. The van der Waals surface area contributed by atoms with Crippen LogP contribution in [0.25, 0.3) is 10.9 Å². The van der Waals surface area contributed by atoms with Crippen molar-refractivity contribution in [1.29, 1.82) is 0 Å². The average molecular weight is 455 g/mol. The summed E-state index contributed by atoms with van der Waals surface area (Å²) in [6.07, 6.45) is 1.65. The topological polar surface area (TPSA) is 65.2 Å². The first-order chi connectivity index (χ1) is 15.7. The maximum absolute atomic E-state index is 14.0. The minimum absolute atomic E-state index is 0.237. The molecule has 172 valence electrons. The molecule has 3 heterocycles. The third-order valence-electron chi connectivity index (χ3n) is 6.83. The molecule has 0 spiro atoms. The Bertz CT molecular complexity index is 1280. The highest BCUT2D eigenvalue weighted by atomic mass is 19.4. The number of rotatable bonds is 3. The number of hydrogen-bond acceptors (Lipinski definition) is 3. The number of nitrogens with one attached hydrogen (secondary N) is 2. The van der Waals surface area contributed by atoms with E-state index in [1.165, 1.54) is 12.3 Å². The van der Waals surface area contributed by atoms with Crippen molar-refractivity contribution in [2.45, 2.75) is 57.3 Å². The van der Waals surface area contributed by atoms with Gasteiger partial charge in [-0.1, -0.05) is 11.6 Å². The lowest BCUT2D eigenvalue weighted by Gasteiger charge is -2.37. The lowest BCUT2D eigenvalue weighted by Crippen LogP contribution is -2.39. The van der Waals surface area contributed by atoms with Gasteiger partial charge in [0.15, 0.2) is 0 Å². The van der Waals surface area contributed by atoms with E-state index in [2.05, 4.69) is 15.2 Å². The molecule has 2 saturated heterocycles. The zero-order valence-corrected chi connectivity index (χ0v) is 18.1. The number of H-pyrrole nitrogens is 1. The number of anilines is 2. The number of alkyl halides is 3. The summed E-state index contributed by atoms with van der Waals surface area (Å²) in [6.45, 7) is 1.82. The smallest absolute Gasteiger partial charge is 0.366 e. The number of aromatic amines is 1. The molecule has 0 radical (unpaired) electrons. The van der Waals surface area contributed by atoms with Gasteiger partial charge in [-0.15, -0.1) is 0 Å². The van der Waals surface area contributed by atoms with Crippen LogP contribution in [0.15, 0.2) is 47.4 Å². The number of pyridine rings is 1.